The number of carbonyl (C=O) groups is 2. The summed E-state index contributed by atoms with van der Waals surface area (Å²) in [6.07, 6.45) is 1.03. The highest BCUT2D eigenvalue weighted by Gasteiger charge is 2.35. The van der Waals surface area contributed by atoms with Gasteiger partial charge in [-0.05, 0) is 36.6 Å². The van der Waals surface area contributed by atoms with Gasteiger partial charge in [0.25, 0.3) is 5.56 Å². The summed E-state index contributed by atoms with van der Waals surface area (Å²) in [5.74, 6) is -0.161. The van der Waals surface area contributed by atoms with Gasteiger partial charge in [-0.1, -0.05) is 22.0 Å². The van der Waals surface area contributed by atoms with Crippen molar-refractivity contribution < 1.29 is 14.3 Å². The molecular weight excluding hydrogens is 476 g/mol. The van der Waals surface area contributed by atoms with Crippen molar-refractivity contribution in [2.75, 3.05) is 32.1 Å². The number of anilines is 1. The molecule has 3 aromatic rings. The quantitative estimate of drug-likeness (QED) is 0.539. The molecule has 8 nitrogen and oxygen atoms in total. The summed E-state index contributed by atoms with van der Waals surface area (Å²) in [7, 11) is 1.31. The van der Waals surface area contributed by atoms with Gasteiger partial charge in [0.15, 0.2) is 0 Å². The maximum atomic E-state index is 13.0. The monoisotopic (exact) mass is 498 g/mol. The zero-order chi connectivity index (χ0) is 22.4. The number of aromatic amines is 1. The Hall–Kier alpha value is -2.91. The average molecular weight is 499 g/mol. The summed E-state index contributed by atoms with van der Waals surface area (Å²) in [6, 6.07) is 11.0. The Morgan fingerprint density at radius 2 is 2.06 bits per heavy atom. The van der Waals surface area contributed by atoms with E-state index in [1.54, 1.807) is 6.07 Å². The summed E-state index contributed by atoms with van der Waals surface area (Å²) in [4.78, 5) is 42.7. The summed E-state index contributed by atoms with van der Waals surface area (Å²) in [6.45, 7) is 2.38. The van der Waals surface area contributed by atoms with Crippen molar-refractivity contribution in [1.82, 2.24) is 14.5 Å². The van der Waals surface area contributed by atoms with Crippen LogP contribution in [0.1, 0.15) is 28.5 Å². The third kappa shape index (κ3) is 3.75. The predicted molar refractivity (Wildman–Crippen MR) is 124 cm³/mol. The fourth-order valence-corrected chi connectivity index (χ4v) is 5.42. The number of aromatic nitrogens is 2. The maximum Gasteiger partial charge on any atom is 0.356 e. The fraction of sp³-hybridized carbons (Fsp3) is 0.348. The smallest absolute Gasteiger partial charge is 0.356 e. The molecule has 0 saturated carbocycles. The van der Waals surface area contributed by atoms with E-state index >= 15 is 0 Å². The summed E-state index contributed by atoms with van der Waals surface area (Å²) in [5, 5.41) is 3.66. The number of piperidine rings is 1. The molecule has 0 radical (unpaired) electrons. The van der Waals surface area contributed by atoms with Crippen LogP contribution in [0.25, 0.3) is 10.9 Å². The molecule has 2 bridgehead atoms. The van der Waals surface area contributed by atoms with Crippen molar-refractivity contribution in [3.05, 3.63) is 62.6 Å². The number of hydrogen-bond acceptors (Lipinski definition) is 5. The van der Waals surface area contributed by atoms with E-state index in [-0.39, 0.29) is 29.6 Å². The first kappa shape index (κ1) is 21.0. The highest BCUT2D eigenvalue weighted by molar-refractivity contribution is 9.10. The lowest BCUT2D eigenvalue weighted by molar-refractivity contribution is -0.117. The van der Waals surface area contributed by atoms with Crippen LogP contribution < -0.4 is 10.9 Å². The van der Waals surface area contributed by atoms with Gasteiger partial charge in [-0.25, -0.2) is 4.79 Å². The molecule has 4 heterocycles. The van der Waals surface area contributed by atoms with E-state index in [0.717, 1.165) is 40.6 Å². The van der Waals surface area contributed by atoms with Crippen LogP contribution in [0.15, 0.2) is 45.7 Å². The third-order valence-electron chi connectivity index (χ3n) is 6.34. The van der Waals surface area contributed by atoms with Crippen LogP contribution in [0.4, 0.5) is 5.69 Å². The molecule has 1 aromatic carbocycles. The molecule has 1 fully saturated rings. The van der Waals surface area contributed by atoms with Crippen LogP contribution in [0.2, 0.25) is 0 Å². The van der Waals surface area contributed by atoms with Gasteiger partial charge in [0.2, 0.25) is 5.91 Å². The zero-order valence-electron chi connectivity index (χ0n) is 17.6. The fourth-order valence-electron chi connectivity index (χ4n) is 5.06. The minimum Gasteiger partial charge on any atom is -0.464 e. The number of fused-ring (bicyclic) bond motifs is 5. The topological polar surface area (TPSA) is 96.4 Å². The Morgan fingerprint density at radius 1 is 1.22 bits per heavy atom. The SMILES string of the molecule is COC(=O)c1[nH]c2ccc(Br)cc2c1NC(=O)CN1CC2CC(C1)c1cccc(=O)n1C2. The number of esters is 1. The first-order valence-electron chi connectivity index (χ1n) is 10.5. The Balaban J connectivity index is 1.36. The van der Waals surface area contributed by atoms with E-state index in [1.807, 2.05) is 34.9 Å². The van der Waals surface area contributed by atoms with Gasteiger partial charge < -0.3 is 19.6 Å². The lowest BCUT2D eigenvalue weighted by Gasteiger charge is -2.42. The Bertz CT molecular complexity index is 1280. The van der Waals surface area contributed by atoms with Gasteiger partial charge in [0.1, 0.15) is 5.69 Å². The van der Waals surface area contributed by atoms with Crippen molar-refractivity contribution in [3.63, 3.8) is 0 Å². The molecule has 2 atom stereocenters. The summed E-state index contributed by atoms with van der Waals surface area (Å²) >= 11 is 3.45. The van der Waals surface area contributed by atoms with E-state index in [0.29, 0.717) is 18.2 Å². The largest absolute Gasteiger partial charge is 0.464 e. The number of halogens is 1. The highest BCUT2D eigenvalue weighted by Crippen LogP contribution is 2.35. The first-order chi connectivity index (χ1) is 15.4. The molecule has 32 heavy (non-hydrogen) atoms. The van der Waals surface area contributed by atoms with E-state index in [1.165, 1.54) is 7.11 Å². The number of ether oxygens (including phenoxy) is 1. The van der Waals surface area contributed by atoms with Gasteiger partial charge in [-0.3, -0.25) is 14.5 Å². The number of rotatable bonds is 4. The molecular formula is C23H23BrN4O4. The van der Waals surface area contributed by atoms with E-state index in [4.69, 9.17) is 4.74 Å². The molecule has 5 rings (SSSR count). The highest BCUT2D eigenvalue weighted by atomic mass is 79.9. The summed E-state index contributed by atoms with van der Waals surface area (Å²) < 4.78 is 7.61. The summed E-state index contributed by atoms with van der Waals surface area (Å²) in [5.41, 5.74) is 2.47. The van der Waals surface area contributed by atoms with Crippen LogP contribution in [-0.2, 0) is 16.1 Å². The van der Waals surface area contributed by atoms with Crippen LogP contribution in [0, 0.1) is 5.92 Å². The van der Waals surface area contributed by atoms with Gasteiger partial charge in [0.05, 0.1) is 19.3 Å². The van der Waals surface area contributed by atoms with Gasteiger partial charge in [0, 0.05) is 52.7 Å². The van der Waals surface area contributed by atoms with E-state index < -0.39 is 5.97 Å². The van der Waals surface area contributed by atoms with Crippen molar-refractivity contribution in [2.45, 2.75) is 18.9 Å². The minimum absolute atomic E-state index is 0.0456. The van der Waals surface area contributed by atoms with Crippen LogP contribution in [0.3, 0.4) is 0 Å². The minimum atomic E-state index is -0.540. The van der Waals surface area contributed by atoms with Crippen molar-refractivity contribution in [1.29, 1.82) is 0 Å². The average Bonchev–Trinajstić information content (AvgIpc) is 3.11. The van der Waals surface area contributed by atoms with Crippen molar-refractivity contribution in [2.24, 2.45) is 5.92 Å². The third-order valence-corrected chi connectivity index (χ3v) is 6.83. The normalized spacial score (nSPS) is 20.1. The second kappa shape index (κ2) is 8.22. The molecule has 2 N–H and O–H groups in total. The second-order valence-corrected chi connectivity index (χ2v) is 9.41. The lowest BCUT2D eigenvalue weighted by Crippen LogP contribution is -2.49. The number of hydrogen-bond donors (Lipinski definition) is 2. The van der Waals surface area contributed by atoms with Gasteiger partial charge in [-0.15, -0.1) is 0 Å². The molecule has 166 valence electrons. The number of pyridine rings is 1. The maximum absolute atomic E-state index is 13.0. The molecule has 1 saturated heterocycles. The molecule has 2 unspecified atom stereocenters. The second-order valence-electron chi connectivity index (χ2n) is 8.50. The Labute approximate surface area is 192 Å². The first-order valence-corrected chi connectivity index (χ1v) is 11.3. The standard InChI is InChI=1S/C23H23BrN4O4/c1-32-23(31)22-21(16-8-15(24)5-6-17(16)25-22)26-19(29)12-27-9-13-7-14(11-27)18-3-2-4-20(30)28(18)10-13/h2-6,8,13-14,25H,7,9-12H2,1H3,(H,26,29). The number of likely N-dealkylation sites (tertiary alicyclic amines) is 1. The Kier molecular flexibility index (Phi) is 5.38. The van der Waals surface area contributed by atoms with E-state index in [9.17, 15) is 14.4 Å². The Morgan fingerprint density at radius 3 is 2.88 bits per heavy atom. The van der Waals surface area contributed by atoms with Gasteiger partial charge in [-0.2, -0.15) is 0 Å². The molecule has 0 aliphatic carbocycles. The van der Waals surface area contributed by atoms with Crippen LogP contribution in [-0.4, -0.2) is 53.1 Å². The molecule has 0 spiro atoms. The predicted octanol–water partition coefficient (Wildman–Crippen LogP) is 2.94. The molecule has 2 aliphatic rings. The number of H-pyrrole nitrogens is 1. The molecule has 9 heteroatoms. The van der Waals surface area contributed by atoms with Crippen molar-refractivity contribution >= 4 is 44.4 Å². The van der Waals surface area contributed by atoms with Crippen LogP contribution in [0.5, 0.6) is 0 Å². The number of benzene rings is 1. The number of nitrogens with one attached hydrogen (secondary N) is 2. The number of amides is 1. The zero-order valence-corrected chi connectivity index (χ0v) is 19.1. The molecule has 2 aromatic heterocycles. The molecule has 2 aliphatic heterocycles. The lowest BCUT2D eigenvalue weighted by atomic mass is 9.83. The van der Waals surface area contributed by atoms with Gasteiger partial charge >= 0.3 is 5.97 Å². The number of carbonyl (C=O) groups excluding carboxylic acids is 2. The van der Waals surface area contributed by atoms with Crippen LogP contribution >= 0.6 is 15.9 Å². The van der Waals surface area contributed by atoms with Crippen molar-refractivity contribution in [3.8, 4) is 0 Å². The molecule has 1 amide bonds. The van der Waals surface area contributed by atoms with E-state index in [2.05, 4.69) is 31.1 Å². The number of methoxy groups -OCH3 is 1. The number of nitrogens with zero attached hydrogens (tertiary/aromatic N) is 2.